The van der Waals surface area contributed by atoms with Crippen LogP contribution >= 0.6 is 11.6 Å². The highest BCUT2D eigenvalue weighted by molar-refractivity contribution is 6.31. The Morgan fingerprint density at radius 2 is 2.17 bits per heavy atom. The van der Waals surface area contributed by atoms with Crippen molar-refractivity contribution in [1.29, 1.82) is 0 Å². The lowest BCUT2D eigenvalue weighted by Crippen LogP contribution is -2.17. The molecule has 0 aliphatic carbocycles. The molecule has 0 aromatic heterocycles. The maximum atomic E-state index is 11.2. The van der Waals surface area contributed by atoms with Gasteiger partial charge in [0.25, 0.3) is 0 Å². The van der Waals surface area contributed by atoms with Crippen molar-refractivity contribution in [2.45, 2.75) is 32.6 Å². The number of nitrogens with two attached hydrogens (primary N) is 1. The Kier molecular flexibility index (Phi) is 6.16. The highest BCUT2D eigenvalue weighted by Gasteiger charge is 2.18. The lowest BCUT2D eigenvalue weighted by Gasteiger charge is -2.13. The second-order valence-electron chi connectivity index (χ2n) is 4.62. The van der Waals surface area contributed by atoms with Gasteiger partial charge in [-0.15, -0.1) is 0 Å². The summed E-state index contributed by atoms with van der Waals surface area (Å²) >= 11 is 6.13. The summed E-state index contributed by atoms with van der Waals surface area (Å²) in [5.74, 6) is -1.14. The fraction of sp³-hybridized carbons (Fsp3) is 0.500. The van der Waals surface area contributed by atoms with Crippen LogP contribution in [0.4, 0.5) is 0 Å². The monoisotopic (exact) mass is 269 g/mol. The molecule has 0 bridgehead atoms. The standard InChI is InChI=1S/C14H20ClNO2/c1-10-5-6-11(13(15)8-10)9-12(14(17)18)4-2-3-7-16/h5-6,8,12H,2-4,7,9,16H2,1H3,(H,17,18). The van der Waals surface area contributed by atoms with E-state index in [0.29, 0.717) is 24.4 Å². The van der Waals surface area contributed by atoms with Crippen molar-refractivity contribution in [2.24, 2.45) is 11.7 Å². The quantitative estimate of drug-likeness (QED) is 0.748. The summed E-state index contributed by atoms with van der Waals surface area (Å²) in [6, 6.07) is 5.74. The number of hydrogen-bond donors (Lipinski definition) is 2. The van der Waals surface area contributed by atoms with Gasteiger partial charge in [0.2, 0.25) is 0 Å². The Hall–Kier alpha value is -1.06. The molecule has 1 unspecified atom stereocenters. The number of aliphatic carboxylic acids is 1. The van der Waals surface area contributed by atoms with Gasteiger partial charge in [0.1, 0.15) is 0 Å². The normalized spacial score (nSPS) is 12.4. The van der Waals surface area contributed by atoms with Gasteiger partial charge in [0, 0.05) is 5.02 Å². The number of benzene rings is 1. The number of aryl methyl sites for hydroxylation is 1. The van der Waals surface area contributed by atoms with E-state index in [-0.39, 0.29) is 5.92 Å². The number of unbranched alkanes of at least 4 members (excludes halogenated alkanes) is 1. The van der Waals surface area contributed by atoms with Crippen molar-refractivity contribution in [3.63, 3.8) is 0 Å². The zero-order valence-electron chi connectivity index (χ0n) is 10.7. The van der Waals surface area contributed by atoms with Gasteiger partial charge in [0.05, 0.1) is 5.92 Å². The van der Waals surface area contributed by atoms with E-state index in [1.165, 1.54) is 0 Å². The maximum absolute atomic E-state index is 11.2. The minimum absolute atomic E-state index is 0.378. The first-order valence-electron chi connectivity index (χ1n) is 6.22. The SMILES string of the molecule is Cc1ccc(CC(CCCCN)C(=O)O)c(Cl)c1. The van der Waals surface area contributed by atoms with E-state index in [4.69, 9.17) is 17.3 Å². The average Bonchev–Trinajstić information content (AvgIpc) is 2.30. The van der Waals surface area contributed by atoms with Crippen LogP contribution in [0.5, 0.6) is 0 Å². The van der Waals surface area contributed by atoms with Gasteiger partial charge in [-0.1, -0.05) is 30.2 Å². The summed E-state index contributed by atoms with van der Waals surface area (Å²) in [6.07, 6.45) is 2.85. The lowest BCUT2D eigenvalue weighted by molar-refractivity contribution is -0.142. The van der Waals surface area contributed by atoms with Crippen molar-refractivity contribution in [1.82, 2.24) is 0 Å². The fourth-order valence-electron chi connectivity index (χ4n) is 1.93. The van der Waals surface area contributed by atoms with E-state index in [2.05, 4.69) is 0 Å². The van der Waals surface area contributed by atoms with Crippen LogP contribution in [0.15, 0.2) is 18.2 Å². The smallest absolute Gasteiger partial charge is 0.306 e. The molecule has 0 aliphatic heterocycles. The molecule has 0 heterocycles. The van der Waals surface area contributed by atoms with E-state index in [1.807, 2.05) is 25.1 Å². The fourth-order valence-corrected chi connectivity index (χ4v) is 2.24. The number of hydrogen-bond acceptors (Lipinski definition) is 2. The van der Waals surface area contributed by atoms with Gasteiger partial charge in [-0.05, 0) is 49.9 Å². The minimum Gasteiger partial charge on any atom is -0.481 e. The molecule has 1 aromatic carbocycles. The summed E-state index contributed by atoms with van der Waals surface area (Å²) in [4.78, 5) is 11.2. The Morgan fingerprint density at radius 3 is 2.72 bits per heavy atom. The molecule has 1 aromatic rings. The zero-order valence-corrected chi connectivity index (χ0v) is 11.4. The van der Waals surface area contributed by atoms with Crippen molar-refractivity contribution in [3.8, 4) is 0 Å². The molecule has 1 rings (SSSR count). The lowest BCUT2D eigenvalue weighted by atomic mass is 9.93. The first-order valence-corrected chi connectivity index (χ1v) is 6.60. The van der Waals surface area contributed by atoms with Crippen LogP contribution in [0.2, 0.25) is 5.02 Å². The molecular formula is C14H20ClNO2. The third kappa shape index (κ3) is 4.67. The summed E-state index contributed by atoms with van der Waals surface area (Å²) in [7, 11) is 0. The second-order valence-corrected chi connectivity index (χ2v) is 5.03. The summed E-state index contributed by atoms with van der Waals surface area (Å²) < 4.78 is 0. The van der Waals surface area contributed by atoms with Crippen LogP contribution in [0, 0.1) is 12.8 Å². The first-order chi connectivity index (χ1) is 8.54. The molecule has 0 fully saturated rings. The van der Waals surface area contributed by atoms with Crippen LogP contribution in [0.3, 0.4) is 0 Å². The highest BCUT2D eigenvalue weighted by Crippen LogP contribution is 2.23. The molecule has 0 aliphatic rings. The van der Waals surface area contributed by atoms with Gasteiger partial charge < -0.3 is 10.8 Å². The second kappa shape index (κ2) is 7.39. The van der Waals surface area contributed by atoms with E-state index in [1.54, 1.807) is 0 Å². The molecule has 0 saturated heterocycles. The largest absolute Gasteiger partial charge is 0.481 e. The molecule has 0 amide bonds. The number of halogens is 1. The van der Waals surface area contributed by atoms with E-state index in [0.717, 1.165) is 24.0 Å². The van der Waals surface area contributed by atoms with Crippen LogP contribution in [-0.2, 0) is 11.2 Å². The van der Waals surface area contributed by atoms with Crippen LogP contribution < -0.4 is 5.73 Å². The Morgan fingerprint density at radius 1 is 1.44 bits per heavy atom. The van der Waals surface area contributed by atoms with Gasteiger partial charge >= 0.3 is 5.97 Å². The maximum Gasteiger partial charge on any atom is 0.306 e. The summed E-state index contributed by atoms with van der Waals surface area (Å²) in [5.41, 5.74) is 7.40. The first kappa shape index (κ1) is 15.0. The van der Waals surface area contributed by atoms with Crippen molar-refractivity contribution in [3.05, 3.63) is 34.3 Å². The Labute approximate surface area is 113 Å². The van der Waals surface area contributed by atoms with Gasteiger partial charge in [0.15, 0.2) is 0 Å². The highest BCUT2D eigenvalue weighted by atomic mass is 35.5. The molecule has 3 N–H and O–H groups in total. The number of carbonyl (C=O) groups is 1. The van der Waals surface area contributed by atoms with E-state index >= 15 is 0 Å². The molecule has 18 heavy (non-hydrogen) atoms. The van der Waals surface area contributed by atoms with Gasteiger partial charge in [-0.25, -0.2) is 0 Å². The molecule has 1 atom stereocenters. The van der Waals surface area contributed by atoms with Crippen molar-refractivity contribution < 1.29 is 9.90 Å². The van der Waals surface area contributed by atoms with E-state index in [9.17, 15) is 9.90 Å². The van der Waals surface area contributed by atoms with Crippen LogP contribution in [0.25, 0.3) is 0 Å². The predicted octanol–water partition coefficient (Wildman–Crippen LogP) is 3.02. The number of rotatable bonds is 7. The van der Waals surface area contributed by atoms with Crippen molar-refractivity contribution >= 4 is 17.6 Å². The predicted molar refractivity (Wildman–Crippen MR) is 73.9 cm³/mol. The van der Waals surface area contributed by atoms with Crippen molar-refractivity contribution in [2.75, 3.05) is 6.54 Å². The summed E-state index contributed by atoms with van der Waals surface area (Å²) in [5, 5.41) is 9.86. The Balaban J connectivity index is 2.67. The van der Waals surface area contributed by atoms with Gasteiger partial charge in [-0.3, -0.25) is 4.79 Å². The molecule has 100 valence electrons. The third-order valence-corrected chi connectivity index (χ3v) is 3.38. The minimum atomic E-state index is -0.760. The third-order valence-electron chi connectivity index (χ3n) is 3.03. The van der Waals surface area contributed by atoms with Gasteiger partial charge in [-0.2, -0.15) is 0 Å². The number of carboxylic acid groups (broad SMARTS) is 1. The van der Waals surface area contributed by atoms with Crippen LogP contribution in [0.1, 0.15) is 30.4 Å². The Bertz CT molecular complexity index is 407. The topological polar surface area (TPSA) is 63.3 Å². The van der Waals surface area contributed by atoms with E-state index < -0.39 is 5.97 Å². The molecule has 4 heteroatoms. The number of carboxylic acids is 1. The zero-order chi connectivity index (χ0) is 13.5. The molecule has 0 radical (unpaired) electrons. The molecule has 0 saturated carbocycles. The molecular weight excluding hydrogens is 250 g/mol. The molecule has 3 nitrogen and oxygen atoms in total. The molecule has 0 spiro atoms. The van der Waals surface area contributed by atoms with Crippen LogP contribution in [-0.4, -0.2) is 17.6 Å². The average molecular weight is 270 g/mol. The summed E-state index contributed by atoms with van der Waals surface area (Å²) in [6.45, 7) is 2.57.